The smallest absolute Gasteiger partial charge is 0.227 e. The van der Waals surface area contributed by atoms with Crippen molar-refractivity contribution >= 4 is 44.0 Å². The molecule has 0 aliphatic carbocycles. The molecular formula is C53H32N6O2. The van der Waals surface area contributed by atoms with Crippen LogP contribution in [0.2, 0.25) is 0 Å². The van der Waals surface area contributed by atoms with Gasteiger partial charge < -0.3 is 13.4 Å². The van der Waals surface area contributed by atoms with Crippen molar-refractivity contribution in [3.8, 4) is 73.6 Å². The zero-order valence-electron chi connectivity index (χ0n) is 32.5. The van der Waals surface area contributed by atoms with Crippen LogP contribution >= 0.6 is 0 Å². The molecule has 4 heterocycles. The molecule has 8 heteroatoms. The van der Waals surface area contributed by atoms with Crippen molar-refractivity contribution in [3.05, 3.63) is 194 Å². The summed E-state index contributed by atoms with van der Waals surface area (Å²) in [7, 11) is 0. The summed E-state index contributed by atoms with van der Waals surface area (Å²) in [6, 6.07) is 64.2. The van der Waals surface area contributed by atoms with E-state index in [1.54, 1.807) is 6.33 Å². The monoisotopic (exact) mass is 784 g/mol. The predicted octanol–water partition coefficient (Wildman–Crippen LogP) is 13.3. The van der Waals surface area contributed by atoms with Gasteiger partial charge in [-0.15, -0.1) is 0 Å². The summed E-state index contributed by atoms with van der Waals surface area (Å²) in [5.74, 6) is 2.31. The largest absolute Gasteiger partial charge is 0.436 e. The Kier molecular flexibility index (Phi) is 7.99. The molecule has 12 rings (SSSR count). The van der Waals surface area contributed by atoms with Gasteiger partial charge in [0.25, 0.3) is 0 Å². The van der Waals surface area contributed by atoms with Crippen molar-refractivity contribution in [3.63, 3.8) is 0 Å². The molecule has 0 saturated heterocycles. The molecule has 0 atom stereocenters. The highest BCUT2D eigenvalue weighted by molar-refractivity contribution is 6.11. The van der Waals surface area contributed by atoms with E-state index in [1.165, 1.54) is 5.56 Å². The third-order valence-corrected chi connectivity index (χ3v) is 11.2. The van der Waals surface area contributed by atoms with E-state index in [9.17, 15) is 0 Å². The summed E-state index contributed by atoms with van der Waals surface area (Å²) in [5, 5.41) is 2.05. The second kappa shape index (κ2) is 14.1. The Balaban J connectivity index is 1.08. The van der Waals surface area contributed by atoms with Crippen molar-refractivity contribution in [1.29, 1.82) is 0 Å². The van der Waals surface area contributed by atoms with Crippen LogP contribution in [0.3, 0.4) is 0 Å². The van der Waals surface area contributed by atoms with Crippen molar-refractivity contribution in [1.82, 2.24) is 29.5 Å². The van der Waals surface area contributed by atoms with Gasteiger partial charge in [0, 0.05) is 38.7 Å². The maximum Gasteiger partial charge on any atom is 0.227 e. The van der Waals surface area contributed by atoms with E-state index in [1.807, 2.05) is 84.9 Å². The molecule has 12 aromatic rings. The SMILES string of the molecule is c1ccc(-c2ccc(-c3cc(-c4ncnc(-c5ccccc5)n4)cc(-n4c5ccc(-c6nc7ccccc7o6)cc5c5cc(-c6nc7ccccc7o6)ccc54)c3)cc2)cc1. The molecule has 0 unspecified atom stereocenters. The molecule has 8 nitrogen and oxygen atoms in total. The van der Waals surface area contributed by atoms with Gasteiger partial charge in [0.05, 0.1) is 11.0 Å². The summed E-state index contributed by atoms with van der Waals surface area (Å²) < 4.78 is 14.9. The third-order valence-electron chi connectivity index (χ3n) is 11.2. The fraction of sp³-hybridized carbons (Fsp3) is 0. The molecule has 8 aromatic carbocycles. The van der Waals surface area contributed by atoms with Crippen LogP contribution < -0.4 is 0 Å². The summed E-state index contributed by atoms with van der Waals surface area (Å²) >= 11 is 0. The number of rotatable bonds is 7. The number of aromatic nitrogens is 6. The molecular weight excluding hydrogens is 753 g/mol. The first-order valence-corrected chi connectivity index (χ1v) is 20.0. The Bertz CT molecular complexity index is 3390. The van der Waals surface area contributed by atoms with Crippen LogP contribution in [0.15, 0.2) is 203 Å². The lowest BCUT2D eigenvalue weighted by Crippen LogP contribution is -1.99. The minimum atomic E-state index is 0.561. The van der Waals surface area contributed by atoms with Gasteiger partial charge in [-0.3, -0.25) is 0 Å². The van der Waals surface area contributed by atoms with Crippen molar-refractivity contribution in [2.75, 3.05) is 0 Å². The van der Waals surface area contributed by atoms with Crippen LogP contribution in [0.5, 0.6) is 0 Å². The van der Waals surface area contributed by atoms with Gasteiger partial charge in [0.2, 0.25) is 11.8 Å². The number of hydrogen-bond acceptors (Lipinski definition) is 7. The van der Waals surface area contributed by atoms with Crippen LogP contribution in [-0.2, 0) is 0 Å². The van der Waals surface area contributed by atoms with Crippen LogP contribution in [-0.4, -0.2) is 29.5 Å². The summed E-state index contributed by atoms with van der Waals surface area (Å²) in [6.45, 7) is 0. The Morgan fingerprint density at radius 1 is 0.344 bits per heavy atom. The Hall–Kier alpha value is -8.49. The Morgan fingerprint density at radius 3 is 1.38 bits per heavy atom. The number of nitrogens with zero attached hydrogens (tertiary/aromatic N) is 6. The molecule has 0 fully saturated rings. The molecule has 0 radical (unpaired) electrons. The maximum absolute atomic E-state index is 6.28. The highest BCUT2D eigenvalue weighted by atomic mass is 16.4. The molecule has 0 bridgehead atoms. The zero-order chi connectivity index (χ0) is 40.3. The van der Waals surface area contributed by atoms with E-state index in [0.717, 1.165) is 88.6 Å². The zero-order valence-corrected chi connectivity index (χ0v) is 32.5. The summed E-state index contributed by atoms with van der Waals surface area (Å²) in [4.78, 5) is 24.0. The van der Waals surface area contributed by atoms with Gasteiger partial charge >= 0.3 is 0 Å². The Morgan fingerprint density at radius 2 is 0.803 bits per heavy atom. The normalized spacial score (nSPS) is 11.6. The summed E-state index contributed by atoms with van der Waals surface area (Å²) in [5.41, 5.74) is 14.0. The highest BCUT2D eigenvalue weighted by Gasteiger charge is 2.20. The predicted molar refractivity (Wildman–Crippen MR) is 242 cm³/mol. The molecule has 0 amide bonds. The number of hydrogen-bond donors (Lipinski definition) is 0. The first-order valence-electron chi connectivity index (χ1n) is 20.0. The molecule has 0 aliphatic rings. The van der Waals surface area contributed by atoms with Crippen molar-refractivity contribution < 1.29 is 8.83 Å². The maximum atomic E-state index is 6.28. The van der Waals surface area contributed by atoms with Gasteiger partial charge in [0.1, 0.15) is 17.4 Å². The van der Waals surface area contributed by atoms with E-state index < -0.39 is 0 Å². The van der Waals surface area contributed by atoms with Gasteiger partial charge in [-0.2, -0.15) is 0 Å². The molecule has 286 valence electrons. The van der Waals surface area contributed by atoms with Crippen LogP contribution in [0, 0.1) is 0 Å². The van der Waals surface area contributed by atoms with Crippen molar-refractivity contribution in [2.45, 2.75) is 0 Å². The molecule has 0 aliphatic heterocycles. The second-order valence-corrected chi connectivity index (χ2v) is 15.0. The molecule has 0 N–H and O–H groups in total. The molecule has 4 aromatic heterocycles. The van der Waals surface area contributed by atoms with Gasteiger partial charge in [0.15, 0.2) is 22.8 Å². The fourth-order valence-corrected chi connectivity index (χ4v) is 8.24. The van der Waals surface area contributed by atoms with E-state index in [-0.39, 0.29) is 0 Å². The van der Waals surface area contributed by atoms with Crippen molar-refractivity contribution in [2.24, 2.45) is 0 Å². The lowest BCUT2D eigenvalue weighted by atomic mass is 9.98. The topological polar surface area (TPSA) is 95.7 Å². The molecule has 61 heavy (non-hydrogen) atoms. The first kappa shape index (κ1) is 34.5. The average Bonchev–Trinajstić information content (AvgIpc) is 4.06. The lowest BCUT2D eigenvalue weighted by Gasteiger charge is -2.14. The number of fused-ring (bicyclic) bond motifs is 5. The van der Waals surface area contributed by atoms with E-state index >= 15 is 0 Å². The number of benzene rings is 8. The average molecular weight is 785 g/mol. The first-order chi connectivity index (χ1) is 30.2. The minimum Gasteiger partial charge on any atom is -0.436 e. The van der Waals surface area contributed by atoms with Crippen LogP contribution in [0.25, 0.3) is 118 Å². The molecule has 0 spiro atoms. The van der Waals surface area contributed by atoms with Crippen LogP contribution in [0.4, 0.5) is 0 Å². The number of oxazole rings is 2. The standard InChI is InChI=1S/C53H32N6O2/c1-3-11-33(12-4-1)34-19-21-35(22-20-34)39-27-40(51-55-32-54-50(58-51)36-13-5-2-6-14-36)29-41(28-39)59-46-25-23-37(52-56-44-15-7-9-17-48(44)60-52)30-42(46)43-31-38(24-26-47(43)59)53-57-45-16-8-10-18-49(45)61-53/h1-32H. The highest BCUT2D eigenvalue weighted by Crippen LogP contribution is 2.40. The van der Waals surface area contributed by atoms with Gasteiger partial charge in [-0.1, -0.05) is 109 Å². The van der Waals surface area contributed by atoms with Crippen LogP contribution in [0.1, 0.15) is 0 Å². The number of para-hydroxylation sites is 4. The summed E-state index contributed by atoms with van der Waals surface area (Å²) in [6.07, 6.45) is 1.59. The van der Waals surface area contributed by atoms with E-state index in [4.69, 9.17) is 28.8 Å². The molecule has 0 saturated carbocycles. The van der Waals surface area contributed by atoms with E-state index in [0.29, 0.717) is 23.4 Å². The Labute approximate surface area is 349 Å². The lowest BCUT2D eigenvalue weighted by molar-refractivity contribution is 0.619. The van der Waals surface area contributed by atoms with Gasteiger partial charge in [-0.25, -0.2) is 24.9 Å². The second-order valence-electron chi connectivity index (χ2n) is 15.0. The quantitative estimate of drug-likeness (QED) is 0.159. The minimum absolute atomic E-state index is 0.561. The fourth-order valence-electron chi connectivity index (χ4n) is 8.24. The van der Waals surface area contributed by atoms with E-state index in [2.05, 4.69) is 113 Å². The van der Waals surface area contributed by atoms with Gasteiger partial charge in [-0.05, 0) is 101 Å². The third kappa shape index (κ3) is 6.13.